The van der Waals surface area contributed by atoms with Crippen LogP contribution in [-0.2, 0) is 24.2 Å². The summed E-state index contributed by atoms with van der Waals surface area (Å²) in [5, 5.41) is 24.2. The lowest BCUT2D eigenvalue weighted by Gasteiger charge is -2.06. The van der Waals surface area contributed by atoms with Crippen molar-refractivity contribution in [2.24, 2.45) is 0 Å². The van der Waals surface area contributed by atoms with E-state index in [4.69, 9.17) is 11.6 Å². The summed E-state index contributed by atoms with van der Waals surface area (Å²) in [6.07, 6.45) is 2.31. The lowest BCUT2D eigenvalue weighted by molar-refractivity contribution is -0.121. The number of anilines is 1. The summed E-state index contributed by atoms with van der Waals surface area (Å²) in [6.45, 7) is 2.37. The van der Waals surface area contributed by atoms with Gasteiger partial charge in [0.15, 0.2) is 0 Å². The fourth-order valence-electron chi connectivity index (χ4n) is 2.37. The van der Waals surface area contributed by atoms with Gasteiger partial charge in [0.25, 0.3) is 5.91 Å². The molecule has 3 aromatic rings. The summed E-state index contributed by atoms with van der Waals surface area (Å²) in [6, 6.07) is 7.39. The van der Waals surface area contributed by atoms with E-state index in [1.165, 1.54) is 22.7 Å². The Labute approximate surface area is 180 Å². The lowest BCUT2D eigenvalue weighted by Crippen LogP contribution is -2.22. The van der Waals surface area contributed by atoms with E-state index in [1.807, 2.05) is 25.1 Å². The van der Waals surface area contributed by atoms with Gasteiger partial charge in [0, 0.05) is 24.4 Å². The van der Waals surface area contributed by atoms with Crippen LogP contribution in [0.4, 0.5) is 5.13 Å². The zero-order valence-corrected chi connectivity index (χ0v) is 18.0. The maximum Gasteiger partial charge on any atom is 0.288 e. The van der Waals surface area contributed by atoms with E-state index in [0.29, 0.717) is 41.0 Å². The molecule has 0 saturated carbocycles. The monoisotopic (exact) mass is 450 g/mol. The van der Waals surface area contributed by atoms with Crippen LogP contribution in [0.5, 0.6) is 0 Å². The Kier molecular flexibility index (Phi) is 7.62. The second-order valence-corrected chi connectivity index (χ2v) is 8.56. The quantitative estimate of drug-likeness (QED) is 0.516. The second-order valence-electron chi connectivity index (χ2n) is 6.03. The number of carbonyl (C=O) groups is 2. The van der Waals surface area contributed by atoms with Crippen molar-refractivity contribution in [3.8, 4) is 0 Å². The van der Waals surface area contributed by atoms with E-state index in [9.17, 15) is 9.59 Å². The number of benzene rings is 1. The number of amides is 2. The number of nitrogens with one attached hydrogen (secondary N) is 2. The highest BCUT2D eigenvalue weighted by Crippen LogP contribution is 2.19. The van der Waals surface area contributed by atoms with E-state index in [0.717, 1.165) is 17.0 Å². The molecule has 2 amide bonds. The first-order chi connectivity index (χ1) is 14.0. The van der Waals surface area contributed by atoms with Crippen LogP contribution >= 0.6 is 34.3 Å². The van der Waals surface area contributed by atoms with Crippen molar-refractivity contribution in [2.75, 3.05) is 5.32 Å². The average molecular weight is 451 g/mol. The van der Waals surface area contributed by atoms with E-state index >= 15 is 0 Å². The predicted molar refractivity (Wildman–Crippen MR) is 113 cm³/mol. The summed E-state index contributed by atoms with van der Waals surface area (Å²) in [5.74, 6) is -0.416. The zero-order valence-electron chi connectivity index (χ0n) is 15.6. The minimum atomic E-state index is -0.356. The molecule has 2 N–H and O–H groups in total. The fraction of sp³-hybridized carbons (Fsp3) is 0.333. The van der Waals surface area contributed by atoms with Gasteiger partial charge in [-0.05, 0) is 24.5 Å². The van der Waals surface area contributed by atoms with Crippen molar-refractivity contribution in [3.63, 3.8) is 0 Å². The molecule has 0 saturated heterocycles. The van der Waals surface area contributed by atoms with Gasteiger partial charge in [-0.15, -0.1) is 20.4 Å². The molecule has 8 nitrogen and oxygen atoms in total. The highest BCUT2D eigenvalue weighted by atomic mass is 35.5. The topological polar surface area (TPSA) is 110 Å². The highest BCUT2D eigenvalue weighted by molar-refractivity contribution is 7.16. The SMILES string of the molecule is CCc1nnc(NC(=O)c2nnc(CCCC(=O)NCc3ccccc3Cl)s2)s1. The Morgan fingerprint density at radius 2 is 1.86 bits per heavy atom. The van der Waals surface area contributed by atoms with Crippen molar-refractivity contribution in [3.05, 3.63) is 49.9 Å². The standard InChI is InChI=1S/C18H19ClN6O2S2/c1-2-14-22-25-18(29-14)21-16(27)17-24-23-15(28-17)9-5-8-13(26)20-10-11-6-3-4-7-12(11)19/h3-4,6-7H,2,5,8-10H2,1H3,(H,20,26)(H,21,25,27). The molecule has 0 radical (unpaired) electrons. The third-order valence-electron chi connectivity index (χ3n) is 3.88. The zero-order chi connectivity index (χ0) is 20.6. The number of rotatable bonds is 9. The minimum Gasteiger partial charge on any atom is -0.352 e. The van der Waals surface area contributed by atoms with Gasteiger partial charge in [-0.25, -0.2) is 0 Å². The van der Waals surface area contributed by atoms with Crippen LogP contribution in [-0.4, -0.2) is 32.2 Å². The molecule has 0 atom stereocenters. The molecular weight excluding hydrogens is 432 g/mol. The molecule has 0 aliphatic heterocycles. The van der Waals surface area contributed by atoms with Gasteiger partial charge < -0.3 is 5.32 Å². The van der Waals surface area contributed by atoms with Crippen LogP contribution in [0.2, 0.25) is 5.02 Å². The maximum atomic E-state index is 12.2. The Morgan fingerprint density at radius 1 is 1.07 bits per heavy atom. The average Bonchev–Trinajstić information content (AvgIpc) is 3.37. The summed E-state index contributed by atoms with van der Waals surface area (Å²) in [5.41, 5.74) is 0.879. The largest absolute Gasteiger partial charge is 0.352 e. The van der Waals surface area contributed by atoms with Crippen molar-refractivity contribution in [1.29, 1.82) is 0 Å². The third kappa shape index (κ3) is 6.28. The van der Waals surface area contributed by atoms with Crippen LogP contribution in [0.25, 0.3) is 0 Å². The molecule has 2 aromatic heterocycles. The molecule has 2 heterocycles. The third-order valence-corrected chi connectivity index (χ3v) is 6.21. The number of aryl methyl sites for hydroxylation is 2. The highest BCUT2D eigenvalue weighted by Gasteiger charge is 2.15. The normalized spacial score (nSPS) is 10.7. The molecule has 3 rings (SSSR count). The molecular formula is C18H19ClN6O2S2. The summed E-state index contributed by atoms with van der Waals surface area (Å²) < 4.78 is 0. The fourth-order valence-corrected chi connectivity index (χ4v) is 4.02. The van der Waals surface area contributed by atoms with Gasteiger partial charge in [-0.1, -0.05) is 59.4 Å². The molecule has 0 bridgehead atoms. The van der Waals surface area contributed by atoms with Gasteiger partial charge in [-0.2, -0.15) is 0 Å². The van der Waals surface area contributed by atoms with E-state index in [-0.39, 0.29) is 16.8 Å². The van der Waals surface area contributed by atoms with E-state index in [2.05, 4.69) is 31.0 Å². The molecule has 0 spiro atoms. The van der Waals surface area contributed by atoms with Crippen molar-refractivity contribution in [1.82, 2.24) is 25.7 Å². The molecule has 1 aromatic carbocycles. The van der Waals surface area contributed by atoms with Crippen LogP contribution in [0.15, 0.2) is 24.3 Å². The van der Waals surface area contributed by atoms with Crippen molar-refractivity contribution >= 4 is 51.2 Å². The van der Waals surface area contributed by atoms with Gasteiger partial charge >= 0.3 is 0 Å². The first-order valence-electron chi connectivity index (χ1n) is 9.01. The smallest absolute Gasteiger partial charge is 0.288 e. The molecule has 0 aliphatic rings. The van der Waals surface area contributed by atoms with Gasteiger partial charge in [0.2, 0.25) is 16.0 Å². The summed E-state index contributed by atoms with van der Waals surface area (Å²) >= 11 is 8.62. The Hall–Kier alpha value is -2.43. The molecule has 29 heavy (non-hydrogen) atoms. The van der Waals surface area contributed by atoms with Crippen LogP contribution < -0.4 is 10.6 Å². The van der Waals surface area contributed by atoms with Gasteiger partial charge in [0.1, 0.15) is 10.0 Å². The molecule has 0 unspecified atom stereocenters. The van der Waals surface area contributed by atoms with Crippen LogP contribution in [0.1, 0.15) is 45.1 Å². The second kappa shape index (κ2) is 10.4. The van der Waals surface area contributed by atoms with Crippen LogP contribution in [0.3, 0.4) is 0 Å². The Morgan fingerprint density at radius 3 is 2.62 bits per heavy atom. The molecule has 152 valence electrons. The summed E-state index contributed by atoms with van der Waals surface area (Å²) in [7, 11) is 0. The number of hydrogen-bond donors (Lipinski definition) is 2. The summed E-state index contributed by atoms with van der Waals surface area (Å²) in [4.78, 5) is 24.2. The maximum absolute atomic E-state index is 12.2. The van der Waals surface area contributed by atoms with E-state index < -0.39 is 0 Å². The molecule has 11 heteroatoms. The number of hydrogen-bond acceptors (Lipinski definition) is 8. The van der Waals surface area contributed by atoms with Crippen molar-refractivity contribution in [2.45, 2.75) is 39.2 Å². The van der Waals surface area contributed by atoms with Gasteiger partial charge in [0.05, 0.1) is 0 Å². The lowest BCUT2D eigenvalue weighted by atomic mass is 10.2. The predicted octanol–water partition coefficient (Wildman–Crippen LogP) is 3.50. The van der Waals surface area contributed by atoms with E-state index in [1.54, 1.807) is 6.07 Å². The number of halogens is 1. The Balaban J connectivity index is 1.41. The first-order valence-corrected chi connectivity index (χ1v) is 11.0. The Bertz CT molecular complexity index is 990. The van der Waals surface area contributed by atoms with Gasteiger partial charge in [-0.3, -0.25) is 14.9 Å². The number of aromatic nitrogens is 4. The number of nitrogens with zero attached hydrogens (tertiary/aromatic N) is 4. The molecule has 0 fully saturated rings. The number of carbonyl (C=O) groups excluding carboxylic acids is 2. The minimum absolute atomic E-state index is 0.0598. The molecule has 0 aliphatic carbocycles. The van der Waals surface area contributed by atoms with Crippen LogP contribution in [0, 0.1) is 0 Å². The first kappa shape index (κ1) is 21.3. The van der Waals surface area contributed by atoms with Crippen molar-refractivity contribution < 1.29 is 9.59 Å².